The van der Waals surface area contributed by atoms with E-state index in [1.807, 2.05) is 0 Å². The summed E-state index contributed by atoms with van der Waals surface area (Å²) >= 11 is 0. The molecule has 336 valence electrons. The fraction of sp³-hybridized carbons (Fsp3) is 0.745. The number of nitrogens with two attached hydrogens (primary N) is 1. The summed E-state index contributed by atoms with van der Waals surface area (Å²) in [5, 5.41) is 8.90. The molecule has 11 heteroatoms. The van der Waals surface area contributed by atoms with Crippen molar-refractivity contribution in [1.29, 1.82) is 0 Å². The largest absolute Gasteiger partial charge is 0.480 e. The lowest BCUT2D eigenvalue weighted by atomic mass is 10.0. The van der Waals surface area contributed by atoms with E-state index in [0.717, 1.165) is 77.0 Å². The molecule has 3 atom stereocenters. The van der Waals surface area contributed by atoms with Crippen molar-refractivity contribution < 1.29 is 42.7 Å². The van der Waals surface area contributed by atoms with Gasteiger partial charge in [0.1, 0.15) is 12.1 Å². The molecule has 4 N–H and O–H groups in total. The number of allylic oxidation sites excluding steroid dienone is 10. The highest BCUT2D eigenvalue weighted by atomic mass is 31.2. The minimum atomic E-state index is -4.62. The van der Waals surface area contributed by atoms with Gasteiger partial charge < -0.3 is 25.2 Å². The lowest BCUT2D eigenvalue weighted by molar-refractivity contribution is -0.154. The first-order valence-corrected chi connectivity index (χ1v) is 24.3. The van der Waals surface area contributed by atoms with Gasteiger partial charge in [0.25, 0.3) is 0 Å². The minimum Gasteiger partial charge on any atom is -0.480 e. The number of hydrogen-bond donors (Lipinski definition) is 3. The maximum atomic E-state index is 12.7. The average Bonchev–Trinajstić information content (AvgIpc) is 3.20. The van der Waals surface area contributed by atoms with Gasteiger partial charge in [-0.05, 0) is 77.0 Å². The highest BCUT2D eigenvalue weighted by Gasteiger charge is 2.27. The molecular formula is C47H84NO9P. The summed E-state index contributed by atoms with van der Waals surface area (Å²) in [6, 6.07) is -1.48. The predicted molar refractivity (Wildman–Crippen MR) is 240 cm³/mol. The molecule has 0 aliphatic heterocycles. The third kappa shape index (κ3) is 41.8. The molecule has 0 aliphatic rings. The Labute approximate surface area is 353 Å². The van der Waals surface area contributed by atoms with Gasteiger partial charge in [0, 0.05) is 13.0 Å². The molecule has 10 nitrogen and oxygen atoms in total. The second kappa shape index (κ2) is 42.8. The fourth-order valence-electron chi connectivity index (χ4n) is 6.00. The van der Waals surface area contributed by atoms with E-state index >= 15 is 0 Å². The predicted octanol–water partition coefficient (Wildman–Crippen LogP) is 12.8. The smallest absolute Gasteiger partial charge is 0.472 e. The first-order valence-electron chi connectivity index (χ1n) is 22.8. The van der Waals surface area contributed by atoms with Gasteiger partial charge >= 0.3 is 19.8 Å². The van der Waals surface area contributed by atoms with Crippen LogP contribution in [-0.4, -0.2) is 60.5 Å². The van der Waals surface area contributed by atoms with Crippen molar-refractivity contribution in [1.82, 2.24) is 0 Å². The number of ether oxygens (including phenoxy) is 2. The lowest BCUT2D eigenvalue weighted by Crippen LogP contribution is -2.34. The molecule has 0 fully saturated rings. The number of phosphoric acid groups is 1. The maximum Gasteiger partial charge on any atom is 0.472 e. The van der Waals surface area contributed by atoms with Crippen LogP contribution in [0.1, 0.15) is 187 Å². The zero-order valence-electron chi connectivity index (χ0n) is 36.6. The van der Waals surface area contributed by atoms with Gasteiger partial charge in [-0.25, -0.2) is 4.57 Å². The van der Waals surface area contributed by atoms with Crippen molar-refractivity contribution in [3.63, 3.8) is 0 Å². The standard InChI is InChI=1S/C47H84NO9P/c1-3-5-7-9-11-13-15-17-18-19-20-21-22-23-24-25-26-27-29-31-33-35-37-39-46(49)57-44(42-55-58(52,53)56-43-45(48)47(50)51)41-54-40-38-36-34-32-30-28-16-14-12-10-8-6-4-2/h5,7,11-14,17-18,20-21,44-45H,3-4,6,8-10,15-16,19,22-43,48H2,1-2H3,(H,50,51)(H,52,53)/b7-5-,13-11-,14-12-,18-17-,21-20-. The molecule has 0 saturated heterocycles. The molecule has 3 unspecified atom stereocenters. The summed E-state index contributed by atoms with van der Waals surface area (Å²) in [5.74, 6) is -1.79. The Bertz CT molecular complexity index is 1150. The molecule has 0 aromatic heterocycles. The lowest BCUT2D eigenvalue weighted by Gasteiger charge is -2.20. The molecule has 0 aromatic rings. The Hall–Kier alpha value is -2.33. The third-order valence-electron chi connectivity index (χ3n) is 9.53. The summed E-state index contributed by atoms with van der Waals surface area (Å²) in [6.07, 6.45) is 51.3. The first-order chi connectivity index (χ1) is 28.2. The van der Waals surface area contributed by atoms with Crippen LogP contribution in [0, 0.1) is 0 Å². The van der Waals surface area contributed by atoms with Gasteiger partial charge in [0.05, 0.1) is 19.8 Å². The van der Waals surface area contributed by atoms with Crippen LogP contribution in [0.25, 0.3) is 0 Å². The quantitative estimate of drug-likeness (QED) is 0.0234. The molecule has 0 amide bonds. The number of esters is 1. The van der Waals surface area contributed by atoms with Gasteiger partial charge in [0.15, 0.2) is 0 Å². The number of carboxylic acids is 1. The highest BCUT2D eigenvalue weighted by molar-refractivity contribution is 7.47. The van der Waals surface area contributed by atoms with Crippen LogP contribution in [0.3, 0.4) is 0 Å². The molecule has 0 bridgehead atoms. The summed E-state index contributed by atoms with van der Waals surface area (Å²) in [4.78, 5) is 33.6. The summed E-state index contributed by atoms with van der Waals surface area (Å²) in [6.45, 7) is 3.73. The number of carbonyl (C=O) groups excluding carboxylic acids is 1. The number of unbranched alkanes of at least 4 members (excludes halogenated alkanes) is 19. The van der Waals surface area contributed by atoms with Gasteiger partial charge in [-0.15, -0.1) is 0 Å². The van der Waals surface area contributed by atoms with Crippen molar-refractivity contribution in [2.75, 3.05) is 26.4 Å². The second-order valence-corrected chi connectivity index (χ2v) is 16.6. The molecule has 0 aromatic carbocycles. The molecule has 0 rings (SSSR count). The van der Waals surface area contributed by atoms with E-state index in [1.54, 1.807) is 0 Å². The minimum absolute atomic E-state index is 0.00933. The zero-order valence-corrected chi connectivity index (χ0v) is 37.5. The average molecular weight is 838 g/mol. The van der Waals surface area contributed by atoms with Crippen LogP contribution in [0.4, 0.5) is 0 Å². The third-order valence-corrected chi connectivity index (χ3v) is 10.5. The summed E-state index contributed by atoms with van der Waals surface area (Å²) in [5.41, 5.74) is 5.36. The molecule has 0 radical (unpaired) electrons. The van der Waals surface area contributed by atoms with Crippen molar-refractivity contribution in [2.24, 2.45) is 5.73 Å². The number of aliphatic carboxylic acids is 1. The normalized spacial score (nSPS) is 14.4. The number of phosphoric ester groups is 1. The second-order valence-electron chi connectivity index (χ2n) is 15.1. The van der Waals surface area contributed by atoms with E-state index in [-0.39, 0.29) is 13.0 Å². The Morgan fingerprint density at radius 2 is 1.00 bits per heavy atom. The van der Waals surface area contributed by atoms with Crippen LogP contribution in [0.15, 0.2) is 60.8 Å². The van der Waals surface area contributed by atoms with Gasteiger partial charge in [-0.2, -0.15) is 0 Å². The maximum absolute atomic E-state index is 12.7. The Balaban J connectivity index is 4.18. The number of hydrogen-bond acceptors (Lipinski definition) is 8. The van der Waals surface area contributed by atoms with E-state index in [0.29, 0.717) is 13.0 Å². The fourth-order valence-corrected chi connectivity index (χ4v) is 6.78. The van der Waals surface area contributed by atoms with Crippen molar-refractivity contribution in [2.45, 2.75) is 199 Å². The van der Waals surface area contributed by atoms with E-state index in [4.69, 9.17) is 29.4 Å². The molecule has 0 heterocycles. The van der Waals surface area contributed by atoms with Crippen LogP contribution < -0.4 is 5.73 Å². The van der Waals surface area contributed by atoms with E-state index < -0.39 is 45.1 Å². The monoisotopic (exact) mass is 838 g/mol. The van der Waals surface area contributed by atoms with Gasteiger partial charge in [-0.1, -0.05) is 164 Å². The van der Waals surface area contributed by atoms with Crippen LogP contribution in [0.5, 0.6) is 0 Å². The van der Waals surface area contributed by atoms with Crippen LogP contribution in [0.2, 0.25) is 0 Å². The molecule has 58 heavy (non-hydrogen) atoms. The summed E-state index contributed by atoms with van der Waals surface area (Å²) < 4.78 is 33.4. The first kappa shape index (κ1) is 55.7. The van der Waals surface area contributed by atoms with Gasteiger partial charge in [0.2, 0.25) is 0 Å². The van der Waals surface area contributed by atoms with Crippen LogP contribution >= 0.6 is 7.82 Å². The van der Waals surface area contributed by atoms with Crippen LogP contribution in [-0.2, 0) is 32.7 Å². The molecule has 0 spiro atoms. The Kier molecular flexibility index (Phi) is 41.1. The number of rotatable bonds is 43. The van der Waals surface area contributed by atoms with Crippen molar-refractivity contribution >= 4 is 19.8 Å². The van der Waals surface area contributed by atoms with E-state index in [2.05, 4.69) is 74.6 Å². The SMILES string of the molecule is CC/C=C\C/C=C\C/C=C\C/C=C\CCCCCCCCCCCCC(=O)OC(COCCCCCCCC/C=C\CCCCC)COP(=O)(O)OCC(N)C(=O)O. The van der Waals surface area contributed by atoms with E-state index in [1.165, 1.54) is 83.5 Å². The van der Waals surface area contributed by atoms with Crippen molar-refractivity contribution in [3.05, 3.63) is 60.8 Å². The molecule has 0 aliphatic carbocycles. The topological polar surface area (TPSA) is 155 Å². The van der Waals surface area contributed by atoms with Crippen molar-refractivity contribution in [3.8, 4) is 0 Å². The highest BCUT2D eigenvalue weighted by Crippen LogP contribution is 2.43. The molecular weight excluding hydrogens is 753 g/mol. The summed E-state index contributed by atoms with van der Waals surface area (Å²) in [7, 11) is -4.62. The molecule has 0 saturated carbocycles. The zero-order chi connectivity index (χ0) is 42.6. The number of carbonyl (C=O) groups is 2. The van der Waals surface area contributed by atoms with E-state index in [9.17, 15) is 19.0 Å². The Morgan fingerprint density at radius 3 is 1.52 bits per heavy atom. The number of carboxylic acid groups (broad SMARTS) is 1. The van der Waals surface area contributed by atoms with Gasteiger partial charge in [-0.3, -0.25) is 18.6 Å². The Morgan fingerprint density at radius 1 is 0.569 bits per heavy atom.